The summed E-state index contributed by atoms with van der Waals surface area (Å²) >= 11 is 0. The van der Waals surface area contributed by atoms with Crippen LogP contribution in [0.5, 0.6) is 0 Å². The highest BCUT2D eigenvalue weighted by molar-refractivity contribution is 6.08. The Morgan fingerprint density at radius 1 is 0.955 bits per heavy atom. The molecule has 1 heterocycles. The summed E-state index contributed by atoms with van der Waals surface area (Å²) in [6, 6.07) is 9.34. The molecule has 0 aliphatic carbocycles. The van der Waals surface area contributed by atoms with E-state index in [-0.39, 0.29) is 17.0 Å². The molecule has 0 bridgehead atoms. The van der Waals surface area contributed by atoms with Crippen molar-refractivity contribution in [3.63, 3.8) is 0 Å². The standard InChI is InChI=1S/C17H19NO4/c1-10(2)14-12(16(19)21-3)13(17(20)22-4)15(18-14)11-8-6-5-7-9-11/h5-10,18H,1-4H3. The Morgan fingerprint density at radius 2 is 1.50 bits per heavy atom. The van der Waals surface area contributed by atoms with Crippen molar-refractivity contribution in [3.05, 3.63) is 47.2 Å². The van der Waals surface area contributed by atoms with Gasteiger partial charge in [-0.25, -0.2) is 9.59 Å². The van der Waals surface area contributed by atoms with E-state index in [9.17, 15) is 9.59 Å². The number of carbonyl (C=O) groups excluding carboxylic acids is 2. The first-order valence-electron chi connectivity index (χ1n) is 6.99. The van der Waals surface area contributed by atoms with Gasteiger partial charge in [-0.05, 0) is 11.5 Å². The second kappa shape index (κ2) is 6.47. The number of hydrogen-bond donors (Lipinski definition) is 1. The summed E-state index contributed by atoms with van der Waals surface area (Å²) in [4.78, 5) is 27.6. The summed E-state index contributed by atoms with van der Waals surface area (Å²) in [5.41, 5.74) is 2.48. The highest BCUT2D eigenvalue weighted by atomic mass is 16.5. The number of rotatable bonds is 4. The van der Waals surface area contributed by atoms with Gasteiger partial charge in [-0.2, -0.15) is 0 Å². The van der Waals surface area contributed by atoms with Gasteiger partial charge in [0.15, 0.2) is 0 Å². The Hall–Kier alpha value is -2.56. The van der Waals surface area contributed by atoms with Crippen LogP contribution in [0, 0.1) is 0 Å². The summed E-state index contributed by atoms with van der Waals surface area (Å²) in [5, 5.41) is 0. The fraction of sp³-hybridized carbons (Fsp3) is 0.294. The summed E-state index contributed by atoms with van der Waals surface area (Å²) in [7, 11) is 2.59. The van der Waals surface area contributed by atoms with Gasteiger partial charge in [0.2, 0.25) is 0 Å². The highest BCUT2D eigenvalue weighted by Gasteiger charge is 2.30. The Bertz CT molecular complexity index is 686. The van der Waals surface area contributed by atoms with Crippen molar-refractivity contribution in [2.24, 2.45) is 0 Å². The number of hydrogen-bond acceptors (Lipinski definition) is 4. The van der Waals surface area contributed by atoms with Crippen LogP contribution in [0.4, 0.5) is 0 Å². The average Bonchev–Trinajstić information content (AvgIpc) is 2.94. The molecule has 0 fully saturated rings. The quantitative estimate of drug-likeness (QED) is 0.879. The first-order valence-corrected chi connectivity index (χ1v) is 6.99. The van der Waals surface area contributed by atoms with E-state index in [1.54, 1.807) is 0 Å². The molecule has 5 heteroatoms. The molecule has 1 aromatic heterocycles. The van der Waals surface area contributed by atoms with Crippen LogP contribution in [-0.4, -0.2) is 31.1 Å². The van der Waals surface area contributed by atoms with Gasteiger partial charge in [-0.1, -0.05) is 44.2 Å². The molecule has 0 aliphatic rings. The fourth-order valence-corrected chi connectivity index (χ4v) is 2.39. The zero-order chi connectivity index (χ0) is 16.3. The maximum atomic E-state index is 12.2. The third-order valence-electron chi connectivity index (χ3n) is 3.45. The monoisotopic (exact) mass is 301 g/mol. The Morgan fingerprint density at radius 3 is 2.00 bits per heavy atom. The van der Waals surface area contributed by atoms with Gasteiger partial charge in [0.25, 0.3) is 0 Å². The third-order valence-corrected chi connectivity index (χ3v) is 3.45. The van der Waals surface area contributed by atoms with Gasteiger partial charge in [-0.3, -0.25) is 0 Å². The maximum Gasteiger partial charge on any atom is 0.340 e. The molecule has 116 valence electrons. The van der Waals surface area contributed by atoms with E-state index in [1.807, 2.05) is 44.2 Å². The van der Waals surface area contributed by atoms with E-state index in [0.717, 1.165) is 5.56 Å². The Kier molecular flexibility index (Phi) is 4.65. The van der Waals surface area contributed by atoms with Gasteiger partial charge in [0.05, 0.1) is 31.0 Å². The number of methoxy groups -OCH3 is 2. The number of aromatic nitrogens is 1. The zero-order valence-electron chi connectivity index (χ0n) is 13.1. The molecular weight excluding hydrogens is 282 g/mol. The van der Waals surface area contributed by atoms with E-state index in [4.69, 9.17) is 9.47 Å². The van der Waals surface area contributed by atoms with Gasteiger partial charge < -0.3 is 14.5 Å². The summed E-state index contributed by atoms with van der Waals surface area (Å²) < 4.78 is 9.71. The number of esters is 2. The lowest BCUT2D eigenvalue weighted by molar-refractivity contribution is 0.0556. The predicted octanol–water partition coefficient (Wildman–Crippen LogP) is 3.38. The lowest BCUT2D eigenvalue weighted by Crippen LogP contribution is -2.12. The molecule has 0 unspecified atom stereocenters. The molecule has 0 atom stereocenters. The van der Waals surface area contributed by atoms with Crippen molar-refractivity contribution in [1.29, 1.82) is 0 Å². The molecule has 0 aliphatic heterocycles. The fourth-order valence-electron chi connectivity index (χ4n) is 2.39. The van der Waals surface area contributed by atoms with Crippen molar-refractivity contribution >= 4 is 11.9 Å². The Labute approximate surface area is 129 Å². The van der Waals surface area contributed by atoms with Crippen molar-refractivity contribution in [2.45, 2.75) is 19.8 Å². The smallest absolute Gasteiger partial charge is 0.340 e. The van der Waals surface area contributed by atoms with Gasteiger partial charge in [-0.15, -0.1) is 0 Å². The van der Waals surface area contributed by atoms with Crippen molar-refractivity contribution in [3.8, 4) is 11.3 Å². The van der Waals surface area contributed by atoms with Gasteiger partial charge in [0.1, 0.15) is 0 Å². The first kappa shape index (κ1) is 15.8. The molecule has 22 heavy (non-hydrogen) atoms. The number of H-pyrrole nitrogens is 1. The van der Waals surface area contributed by atoms with Gasteiger partial charge >= 0.3 is 11.9 Å². The minimum absolute atomic E-state index is 0.0231. The van der Waals surface area contributed by atoms with Crippen LogP contribution in [0.2, 0.25) is 0 Å². The molecule has 0 saturated heterocycles. The molecule has 0 spiro atoms. The van der Waals surface area contributed by atoms with Crippen LogP contribution in [0.3, 0.4) is 0 Å². The van der Waals surface area contributed by atoms with E-state index >= 15 is 0 Å². The second-order valence-electron chi connectivity index (χ2n) is 5.17. The number of aromatic amines is 1. The Balaban J connectivity index is 2.78. The van der Waals surface area contributed by atoms with E-state index in [1.165, 1.54) is 14.2 Å². The number of carbonyl (C=O) groups is 2. The molecule has 1 aromatic carbocycles. The van der Waals surface area contributed by atoms with Crippen LogP contribution in [0.1, 0.15) is 46.2 Å². The molecule has 0 amide bonds. The molecule has 0 saturated carbocycles. The average molecular weight is 301 g/mol. The van der Waals surface area contributed by atoms with Crippen LogP contribution in [0.15, 0.2) is 30.3 Å². The first-order chi connectivity index (χ1) is 10.5. The summed E-state index contributed by atoms with van der Waals surface area (Å²) in [6.45, 7) is 3.88. The zero-order valence-corrected chi connectivity index (χ0v) is 13.1. The van der Waals surface area contributed by atoms with Crippen LogP contribution in [-0.2, 0) is 9.47 Å². The molecule has 0 radical (unpaired) electrons. The van der Waals surface area contributed by atoms with Crippen LogP contribution >= 0.6 is 0 Å². The SMILES string of the molecule is COC(=O)c1c(-c2ccccc2)[nH]c(C(C)C)c1C(=O)OC. The molecule has 2 rings (SSSR count). The van der Waals surface area contributed by atoms with E-state index in [2.05, 4.69) is 4.98 Å². The molecule has 1 N–H and O–H groups in total. The number of nitrogens with one attached hydrogen (secondary N) is 1. The molecule has 5 nitrogen and oxygen atoms in total. The van der Waals surface area contributed by atoms with E-state index in [0.29, 0.717) is 11.4 Å². The highest BCUT2D eigenvalue weighted by Crippen LogP contribution is 2.32. The largest absolute Gasteiger partial charge is 0.465 e. The summed E-state index contributed by atoms with van der Waals surface area (Å²) in [5.74, 6) is -1.10. The van der Waals surface area contributed by atoms with Crippen molar-refractivity contribution < 1.29 is 19.1 Å². The van der Waals surface area contributed by atoms with Gasteiger partial charge in [0, 0.05) is 5.69 Å². The third kappa shape index (κ3) is 2.74. The van der Waals surface area contributed by atoms with Crippen LogP contribution < -0.4 is 0 Å². The molecule has 2 aromatic rings. The normalized spacial score (nSPS) is 10.6. The topological polar surface area (TPSA) is 68.4 Å². The number of benzene rings is 1. The second-order valence-corrected chi connectivity index (χ2v) is 5.17. The van der Waals surface area contributed by atoms with Crippen LogP contribution in [0.25, 0.3) is 11.3 Å². The molecular formula is C17H19NO4. The predicted molar refractivity (Wildman–Crippen MR) is 83.0 cm³/mol. The lowest BCUT2D eigenvalue weighted by atomic mass is 10.0. The van der Waals surface area contributed by atoms with Crippen molar-refractivity contribution in [1.82, 2.24) is 4.98 Å². The lowest BCUT2D eigenvalue weighted by Gasteiger charge is -2.07. The summed E-state index contributed by atoms with van der Waals surface area (Å²) in [6.07, 6.45) is 0. The van der Waals surface area contributed by atoms with Crippen molar-refractivity contribution in [2.75, 3.05) is 14.2 Å². The minimum atomic E-state index is -0.567. The van der Waals surface area contributed by atoms with E-state index < -0.39 is 11.9 Å². The minimum Gasteiger partial charge on any atom is -0.465 e. The maximum absolute atomic E-state index is 12.2. The number of ether oxygens (including phenoxy) is 2.